The van der Waals surface area contributed by atoms with E-state index in [9.17, 15) is 5.26 Å². The summed E-state index contributed by atoms with van der Waals surface area (Å²) in [6.45, 7) is 0. The van der Waals surface area contributed by atoms with Gasteiger partial charge in [-0.05, 0) is 42.5 Å². The predicted molar refractivity (Wildman–Crippen MR) is 143 cm³/mol. The van der Waals surface area contributed by atoms with Gasteiger partial charge in [0.2, 0.25) is 0 Å². The van der Waals surface area contributed by atoms with Gasteiger partial charge in [0.25, 0.3) is 0 Å². The third-order valence-corrected chi connectivity index (χ3v) is 6.83. The van der Waals surface area contributed by atoms with Gasteiger partial charge in [0, 0.05) is 37.8 Å². The maximum absolute atomic E-state index is 9.98. The summed E-state index contributed by atoms with van der Waals surface area (Å²) in [5.41, 5.74) is 5.76. The summed E-state index contributed by atoms with van der Waals surface area (Å²) in [6, 6.07) is 27.7. The third-order valence-electron chi connectivity index (χ3n) is 5.18. The molecular formula is C27H16BrClN4S. The highest BCUT2D eigenvalue weighted by Crippen LogP contribution is 2.31. The number of nitriles is 1. The van der Waals surface area contributed by atoms with E-state index in [1.807, 2.05) is 101 Å². The molecule has 164 valence electrons. The van der Waals surface area contributed by atoms with Crippen LogP contribution in [0, 0.1) is 11.3 Å². The maximum Gasteiger partial charge on any atom is 0.134 e. The quantitative estimate of drug-likeness (QED) is 0.210. The summed E-state index contributed by atoms with van der Waals surface area (Å²) in [6.07, 6.45) is 3.78. The largest absolute Gasteiger partial charge is 0.240 e. The van der Waals surface area contributed by atoms with Crippen molar-refractivity contribution in [3.63, 3.8) is 0 Å². The van der Waals surface area contributed by atoms with Crippen molar-refractivity contribution in [1.82, 2.24) is 14.8 Å². The highest BCUT2D eigenvalue weighted by Gasteiger charge is 2.15. The van der Waals surface area contributed by atoms with Crippen molar-refractivity contribution >= 4 is 50.5 Å². The van der Waals surface area contributed by atoms with Crippen LogP contribution in [-0.4, -0.2) is 14.8 Å². The van der Waals surface area contributed by atoms with Gasteiger partial charge in [0.15, 0.2) is 0 Å². The van der Waals surface area contributed by atoms with E-state index < -0.39 is 0 Å². The fourth-order valence-corrected chi connectivity index (χ4v) is 4.67. The molecule has 0 fully saturated rings. The summed E-state index contributed by atoms with van der Waals surface area (Å²) < 4.78 is 2.83. The van der Waals surface area contributed by atoms with Crippen molar-refractivity contribution in [3.8, 4) is 34.3 Å². The van der Waals surface area contributed by atoms with Crippen LogP contribution in [0.25, 0.3) is 39.9 Å². The molecule has 0 N–H and O–H groups in total. The molecule has 0 radical (unpaired) electrons. The molecular weight excluding hydrogens is 528 g/mol. The van der Waals surface area contributed by atoms with Crippen molar-refractivity contribution in [3.05, 3.63) is 111 Å². The summed E-state index contributed by atoms with van der Waals surface area (Å²) in [5.74, 6) is 0. The van der Waals surface area contributed by atoms with Gasteiger partial charge in [0.1, 0.15) is 11.1 Å². The van der Waals surface area contributed by atoms with E-state index in [4.69, 9.17) is 21.7 Å². The first-order valence-corrected chi connectivity index (χ1v) is 12.4. The summed E-state index contributed by atoms with van der Waals surface area (Å²) in [4.78, 5) is 4.72. The number of aromatic nitrogens is 3. The Bertz CT molecular complexity index is 1510. The number of nitrogens with zero attached hydrogens (tertiary/aromatic N) is 4. The van der Waals surface area contributed by atoms with Gasteiger partial charge < -0.3 is 0 Å². The van der Waals surface area contributed by atoms with Crippen molar-refractivity contribution < 1.29 is 0 Å². The van der Waals surface area contributed by atoms with E-state index >= 15 is 0 Å². The van der Waals surface area contributed by atoms with Gasteiger partial charge in [-0.3, -0.25) is 0 Å². The second-order valence-corrected chi connectivity index (χ2v) is 9.64. The van der Waals surface area contributed by atoms with Crippen molar-refractivity contribution in [2.45, 2.75) is 0 Å². The van der Waals surface area contributed by atoms with Crippen LogP contribution in [0.1, 0.15) is 10.6 Å². The first-order chi connectivity index (χ1) is 16.6. The lowest BCUT2D eigenvalue weighted by Gasteiger charge is -2.01. The Morgan fingerprint density at radius 1 is 0.971 bits per heavy atom. The Balaban J connectivity index is 1.58. The van der Waals surface area contributed by atoms with E-state index in [0.29, 0.717) is 15.6 Å². The third kappa shape index (κ3) is 4.73. The van der Waals surface area contributed by atoms with Gasteiger partial charge in [-0.15, -0.1) is 11.3 Å². The van der Waals surface area contributed by atoms with Crippen molar-refractivity contribution in [1.29, 1.82) is 5.26 Å². The number of rotatable bonds is 5. The van der Waals surface area contributed by atoms with Gasteiger partial charge in [-0.25, -0.2) is 9.67 Å². The summed E-state index contributed by atoms with van der Waals surface area (Å²) in [7, 11) is 0. The predicted octanol–water partition coefficient (Wildman–Crippen LogP) is 8.14. The van der Waals surface area contributed by atoms with Gasteiger partial charge in [-0.1, -0.05) is 70.0 Å². The van der Waals surface area contributed by atoms with Crippen LogP contribution in [0.5, 0.6) is 0 Å². The molecule has 34 heavy (non-hydrogen) atoms. The fourth-order valence-electron chi connectivity index (χ4n) is 3.49. The molecule has 2 heterocycles. The van der Waals surface area contributed by atoms with Crippen LogP contribution >= 0.6 is 38.9 Å². The Labute approximate surface area is 214 Å². The number of hydrogen-bond acceptors (Lipinski definition) is 4. The Hall–Kier alpha value is -3.50. The number of thiazole rings is 1. The highest BCUT2D eigenvalue weighted by atomic mass is 79.9. The molecule has 0 atom stereocenters. The van der Waals surface area contributed by atoms with Crippen LogP contribution in [0.4, 0.5) is 0 Å². The van der Waals surface area contributed by atoms with E-state index in [1.54, 1.807) is 0 Å². The SMILES string of the molecule is N#CC(=Cc1cn(-c2ccccc2)nc1-c1ccc(Cl)cc1)c1nc(-c2ccc(Br)cc2)cs1. The number of hydrogen-bond donors (Lipinski definition) is 0. The molecule has 0 spiro atoms. The molecule has 4 nitrogen and oxygen atoms in total. The Morgan fingerprint density at radius 2 is 1.68 bits per heavy atom. The number of halogens is 2. The van der Waals surface area contributed by atoms with Gasteiger partial charge >= 0.3 is 0 Å². The minimum Gasteiger partial charge on any atom is -0.240 e. The highest BCUT2D eigenvalue weighted by molar-refractivity contribution is 9.10. The second-order valence-electron chi connectivity index (χ2n) is 7.43. The first-order valence-electron chi connectivity index (χ1n) is 10.4. The monoisotopic (exact) mass is 542 g/mol. The number of allylic oxidation sites excluding steroid dienone is 1. The van der Waals surface area contributed by atoms with E-state index in [1.165, 1.54) is 11.3 Å². The normalized spacial score (nSPS) is 11.4. The van der Waals surface area contributed by atoms with Crippen LogP contribution in [0.2, 0.25) is 5.02 Å². The first kappa shape index (κ1) is 22.3. The standard InChI is InChI=1S/C27H16BrClN4S/c28-22-10-6-18(7-11-22)25-17-34-27(31-25)20(15-30)14-21-16-33(24-4-2-1-3-5-24)32-26(21)19-8-12-23(29)13-9-19/h1-14,16-17H. The lowest BCUT2D eigenvalue weighted by atomic mass is 10.1. The molecule has 5 rings (SSSR count). The van der Waals surface area contributed by atoms with Gasteiger partial charge in [-0.2, -0.15) is 10.4 Å². The maximum atomic E-state index is 9.98. The Morgan fingerprint density at radius 3 is 2.38 bits per heavy atom. The molecule has 0 unspecified atom stereocenters. The molecule has 3 aromatic carbocycles. The molecule has 0 amide bonds. The van der Waals surface area contributed by atoms with E-state index in [-0.39, 0.29) is 0 Å². The van der Waals surface area contributed by atoms with Crippen LogP contribution < -0.4 is 0 Å². The fraction of sp³-hybridized carbons (Fsp3) is 0. The number of para-hydroxylation sites is 1. The Kier molecular flexibility index (Phi) is 6.41. The average molecular weight is 544 g/mol. The molecule has 7 heteroatoms. The lowest BCUT2D eigenvalue weighted by molar-refractivity contribution is 0.884. The van der Waals surface area contributed by atoms with Crippen LogP contribution in [0.15, 0.2) is 94.9 Å². The minimum absolute atomic E-state index is 0.483. The second kappa shape index (κ2) is 9.78. The topological polar surface area (TPSA) is 54.5 Å². The molecule has 0 aliphatic carbocycles. The lowest BCUT2D eigenvalue weighted by Crippen LogP contribution is -1.93. The van der Waals surface area contributed by atoms with Crippen LogP contribution in [0.3, 0.4) is 0 Å². The zero-order valence-corrected chi connectivity index (χ0v) is 20.8. The molecule has 0 bridgehead atoms. The number of benzene rings is 3. The molecule has 0 aliphatic rings. The van der Waals surface area contributed by atoms with Gasteiger partial charge in [0.05, 0.1) is 22.6 Å². The molecule has 0 saturated heterocycles. The van der Waals surface area contributed by atoms with E-state index in [0.717, 1.165) is 38.2 Å². The van der Waals surface area contributed by atoms with E-state index in [2.05, 4.69) is 22.0 Å². The average Bonchev–Trinajstić information content (AvgIpc) is 3.52. The molecule has 0 saturated carbocycles. The van der Waals surface area contributed by atoms with Crippen molar-refractivity contribution in [2.24, 2.45) is 0 Å². The summed E-state index contributed by atoms with van der Waals surface area (Å²) in [5, 5.41) is 18.1. The smallest absolute Gasteiger partial charge is 0.134 e. The molecule has 2 aromatic heterocycles. The summed E-state index contributed by atoms with van der Waals surface area (Å²) >= 11 is 11.0. The minimum atomic E-state index is 0.483. The zero-order chi connectivity index (χ0) is 23.5. The molecule has 0 aliphatic heterocycles. The zero-order valence-electron chi connectivity index (χ0n) is 17.7. The van der Waals surface area contributed by atoms with Crippen LogP contribution in [-0.2, 0) is 0 Å². The molecule has 5 aromatic rings. The van der Waals surface area contributed by atoms with Crippen molar-refractivity contribution in [2.75, 3.05) is 0 Å².